The van der Waals surface area contributed by atoms with Gasteiger partial charge in [0.25, 0.3) is 16.1 Å². The number of piperidine rings is 1. The molecule has 1 aliphatic carbocycles. The van der Waals surface area contributed by atoms with Gasteiger partial charge in [0.2, 0.25) is 11.8 Å². The molecule has 2 aliphatic heterocycles. The summed E-state index contributed by atoms with van der Waals surface area (Å²) in [6.07, 6.45) is 3.40. The number of carbonyl (C=O) groups is 5. The summed E-state index contributed by atoms with van der Waals surface area (Å²) in [7, 11) is -4.17. The van der Waals surface area contributed by atoms with Gasteiger partial charge >= 0.3 is 11.9 Å². The number of carboxylic acids is 1. The number of ether oxygens (including phenoxy) is 1. The third-order valence-electron chi connectivity index (χ3n) is 7.69. The number of amides is 3. The van der Waals surface area contributed by atoms with Crippen molar-refractivity contribution < 1.29 is 47.1 Å². The van der Waals surface area contributed by atoms with E-state index >= 15 is 0 Å². The maximum absolute atomic E-state index is 13.9. The average Bonchev–Trinajstić information content (AvgIpc) is 3.87. The van der Waals surface area contributed by atoms with Crippen LogP contribution in [0.4, 0.5) is 0 Å². The van der Waals surface area contributed by atoms with Gasteiger partial charge in [0, 0.05) is 65.2 Å². The zero-order valence-corrected chi connectivity index (χ0v) is 27.3. The van der Waals surface area contributed by atoms with Crippen molar-refractivity contribution in [3.63, 3.8) is 0 Å². The van der Waals surface area contributed by atoms with Crippen molar-refractivity contribution in [3.8, 4) is 0 Å². The van der Waals surface area contributed by atoms with Crippen molar-refractivity contribution in [1.29, 1.82) is 0 Å². The molecule has 47 heavy (non-hydrogen) atoms. The molecule has 2 heterocycles. The smallest absolute Gasteiger partial charge is 0.331 e. The number of nitrogens with two attached hydrogens (primary N) is 1. The molecule has 3 amide bonds. The predicted molar refractivity (Wildman–Crippen MR) is 167 cm³/mol. The molecule has 20 heteroatoms. The van der Waals surface area contributed by atoms with E-state index in [-0.39, 0.29) is 63.5 Å². The van der Waals surface area contributed by atoms with E-state index in [1.54, 1.807) is 6.34 Å². The first-order valence-electron chi connectivity index (χ1n) is 15.5. The van der Waals surface area contributed by atoms with Crippen molar-refractivity contribution in [2.45, 2.75) is 64.0 Å². The standard InChI is InChI=1S/C27H45N9O10S/c1-19(37)46-32-22(6-7-25(39)40)26(41)29-8-10-36(21-4-5-21)27(42)23(33-47(43,44)35-11-13-45-14-12-35)15-24(38)30-16-20-3-2-9-34(17-20)18-31-28/h18,20-21,23,33H,2-17,28H2,1H3,(H,29,41)(H,30,38)(H,39,40)/b31-18?,32-22-/t20-,23-/m0/s1. The summed E-state index contributed by atoms with van der Waals surface area (Å²) in [5, 5.41) is 21.3. The lowest BCUT2D eigenvalue weighted by atomic mass is 9.98. The van der Waals surface area contributed by atoms with Crippen LogP contribution in [-0.4, -0.2) is 140 Å². The summed E-state index contributed by atoms with van der Waals surface area (Å²) < 4.78 is 35.4. The Balaban J connectivity index is 1.68. The van der Waals surface area contributed by atoms with Crippen LogP contribution < -0.4 is 21.2 Å². The number of nitrogens with one attached hydrogen (secondary N) is 3. The Kier molecular flexibility index (Phi) is 14.8. The predicted octanol–water partition coefficient (Wildman–Crippen LogP) is -2.47. The summed E-state index contributed by atoms with van der Waals surface area (Å²) >= 11 is 0. The van der Waals surface area contributed by atoms with Gasteiger partial charge in [-0.2, -0.15) is 22.5 Å². The molecule has 19 nitrogen and oxygen atoms in total. The Labute approximate surface area is 273 Å². The Morgan fingerprint density at radius 1 is 1.11 bits per heavy atom. The van der Waals surface area contributed by atoms with Crippen LogP contribution in [0.3, 0.4) is 0 Å². The van der Waals surface area contributed by atoms with Crippen molar-refractivity contribution in [2.75, 3.05) is 59.0 Å². The number of hydrogen-bond donors (Lipinski definition) is 5. The number of carboxylic acid groups (broad SMARTS) is 1. The van der Waals surface area contributed by atoms with Gasteiger partial charge in [0.15, 0.2) is 0 Å². The zero-order chi connectivity index (χ0) is 34.4. The van der Waals surface area contributed by atoms with Crippen molar-refractivity contribution >= 4 is 51.9 Å². The van der Waals surface area contributed by atoms with E-state index in [0.29, 0.717) is 25.9 Å². The topological polar surface area (TPSA) is 255 Å². The number of rotatable bonds is 18. The zero-order valence-electron chi connectivity index (χ0n) is 26.5. The number of oxime groups is 1. The van der Waals surface area contributed by atoms with Crippen LogP contribution >= 0.6 is 0 Å². The van der Waals surface area contributed by atoms with Gasteiger partial charge in [-0.15, -0.1) is 0 Å². The largest absolute Gasteiger partial charge is 0.481 e. The molecule has 2 atom stereocenters. The minimum absolute atomic E-state index is 0.0347. The van der Waals surface area contributed by atoms with Gasteiger partial charge in [0.1, 0.15) is 18.1 Å². The second-order valence-electron chi connectivity index (χ2n) is 11.5. The highest BCUT2D eigenvalue weighted by atomic mass is 32.2. The van der Waals surface area contributed by atoms with Crippen molar-refractivity contribution in [1.82, 2.24) is 29.5 Å². The van der Waals surface area contributed by atoms with E-state index in [9.17, 15) is 32.4 Å². The minimum Gasteiger partial charge on any atom is -0.481 e. The third-order valence-corrected chi connectivity index (χ3v) is 9.32. The first-order chi connectivity index (χ1) is 22.4. The van der Waals surface area contributed by atoms with Gasteiger partial charge in [-0.25, -0.2) is 4.79 Å². The van der Waals surface area contributed by atoms with Gasteiger partial charge in [0.05, 0.1) is 26.1 Å². The summed E-state index contributed by atoms with van der Waals surface area (Å²) in [6, 6.07) is -1.65. The van der Waals surface area contributed by atoms with Crippen molar-refractivity contribution in [3.05, 3.63) is 0 Å². The molecular formula is C27H45N9O10S. The van der Waals surface area contributed by atoms with E-state index in [0.717, 1.165) is 30.6 Å². The SMILES string of the molecule is CC(=O)O/N=C(/CCC(=O)O)C(=O)NCCN(C(=O)[C@H](CC(=O)NC[C@@H]1CCCN(C=NN)C1)NS(=O)(=O)N1CCOCC1)C1CC1. The van der Waals surface area contributed by atoms with Crippen LogP contribution in [0, 0.1) is 5.92 Å². The van der Waals surface area contributed by atoms with Crippen LogP contribution in [0.2, 0.25) is 0 Å². The second kappa shape index (κ2) is 18.5. The molecule has 6 N–H and O–H groups in total. The van der Waals surface area contributed by atoms with Crippen molar-refractivity contribution in [2.24, 2.45) is 22.0 Å². The summed E-state index contributed by atoms with van der Waals surface area (Å²) in [5.41, 5.74) is -0.323. The fourth-order valence-corrected chi connectivity index (χ4v) is 6.52. The number of morpholine rings is 1. The number of carbonyl (C=O) groups excluding carboxylic acids is 4. The molecule has 0 aromatic carbocycles. The summed E-state index contributed by atoms with van der Waals surface area (Å²) in [4.78, 5) is 69.7. The second-order valence-corrected chi connectivity index (χ2v) is 13.2. The molecule has 0 spiro atoms. The quantitative estimate of drug-likeness (QED) is 0.0331. The molecule has 3 fully saturated rings. The maximum Gasteiger partial charge on any atom is 0.331 e. The molecule has 3 rings (SSSR count). The Bertz CT molecular complexity index is 1290. The van der Waals surface area contributed by atoms with E-state index < -0.39 is 58.8 Å². The Morgan fingerprint density at radius 3 is 2.47 bits per heavy atom. The first kappa shape index (κ1) is 37.6. The summed E-state index contributed by atoms with van der Waals surface area (Å²) in [6.45, 7) is 3.24. The molecule has 0 unspecified atom stereocenters. The number of nitrogens with zero attached hydrogens (tertiary/aromatic N) is 5. The lowest BCUT2D eigenvalue weighted by Crippen LogP contribution is -2.56. The van der Waals surface area contributed by atoms with Gasteiger partial charge in [-0.05, 0) is 31.6 Å². The van der Waals surface area contributed by atoms with Crippen LogP contribution in [0.25, 0.3) is 0 Å². The highest BCUT2D eigenvalue weighted by molar-refractivity contribution is 7.87. The average molecular weight is 688 g/mol. The van der Waals surface area contributed by atoms with Gasteiger partial charge in [-0.1, -0.05) is 5.16 Å². The molecule has 1 saturated carbocycles. The fourth-order valence-electron chi connectivity index (χ4n) is 5.20. The maximum atomic E-state index is 13.9. The molecule has 0 aromatic rings. The van der Waals surface area contributed by atoms with Gasteiger partial charge < -0.3 is 41.0 Å². The molecule has 264 valence electrons. The minimum atomic E-state index is -4.17. The molecule has 2 saturated heterocycles. The number of aliphatic carboxylic acids is 1. The molecule has 0 bridgehead atoms. The van der Waals surface area contributed by atoms with E-state index in [1.807, 2.05) is 4.90 Å². The van der Waals surface area contributed by atoms with E-state index in [2.05, 4.69) is 30.5 Å². The molecule has 0 aromatic heterocycles. The fraction of sp³-hybridized carbons (Fsp3) is 0.741. The Morgan fingerprint density at radius 2 is 1.83 bits per heavy atom. The van der Waals surface area contributed by atoms with Crippen LogP contribution in [0.1, 0.15) is 51.9 Å². The normalized spacial score (nSPS) is 20.0. The first-order valence-corrected chi connectivity index (χ1v) is 17.0. The lowest BCUT2D eigenvalue weighted by molar-refractivity contribution is -0.141. The summed E-state index contributed by atoms with van der Waals surface area (Å²) in [5.74, 6) is 1.46. The number of hydrazone groups is 1. The highest BCUT2D eigenvalue weighted by Gasteiger charge is 2.39. The lowest BCUT2D eigenvalue weighted by Gasteiger charge is -2.32. The van der Waals surface area contributed by atoms with E-state index in [1.165, 1.54) is 4.90 Å². The highest BCUT2D eigenvalue weighted by Crippen LogP contribution is 2.27. The molecule has 0 radical (unpaired) electrons. The monoisotopic (exact) mass is 687 g/mol. The third kappa shape index (κ3) is 13.0. The number of hydrogen-bond acceptors (Lipinski definition) is 12. The molecular weight excluding hydrogens is 642 g/mol. The van der Waals surface area contributed by atoms with Crippen LogP contribution in [0.15, 0.2) is 10.3 Å². The van der Waals surface area contributed by atoms with E-state index in [4.69, 9.17) is 15.7 Å². The number of likely N-dealkylation sites (tertiary alicyclic amines) is 1. The van der Waals surface area contributed by atoms with Crippen LogP contribution in [-0.2, 0) is 43.8 Å². The van der Waals surface area contributed by atoms with Gasteiger partial charge in [-0.3, -0.25) is 19.2 Å². The molecule has 3 aliphatic rings. The Hall–Kier alpha value is -3.88. The van der Waals surface area contributed by atoms with Crippen LogP contribution in [0.5, 0.6) is 0 Å².